The molecule has 1 aromatic rings. The van der Waals surface area contributed by atoms with Crippen LogP contribution in [0.15, 0.2) is 18.3 Å². The number of amidine groups is 1. The fourth-order valence-electron chi connectivity index (χ4n) is 1.39. The van der Waals surface area contributed by atoms with E-state index in [2.05, 4.69) is 4.98 Å². The van der Waals surface area contributed by atoms with Gasteiger partial charge in [-0.2, -0.15) is 0 Å². The first-order chi connectivity index (χ1) is 7.25. The Morgan fingerprint density at radius 3 is 3.00 bits per heavy atom. The van der Waals surface area contributed by atoms with Crippen LogP contribution in [-0.4, -0.2) is 30.1 Å². The normalized spacial score (nSPS) is 20.1. The van der Waals surface area contributed by atoms with E-state index in [0.29, 0.717) is 18.1 Å². The van der Waals surface area contributed by atoms with Gasteiger partial charge < -0.3 is 15.2 Å². The van der Waals surface area contributed by atoms with Gasteiger partial charge in [-0.3, -0.25) is 5.41 Å². The van der Waals surface area contributed by atoms with Crippen LogP contribution in [0.3, 0.4) is 0 Å². The second kappa shape index (κ2) is 4.27. The van der Waals surface area contributed by atoms with Crippen molar-refractivity contribution in [3.63, 3.8) is 0 Å². The second-order valence-corrected chi connectivity index (χ2v) is 3.40. The molecule has 5 nitrogen and oxygen atoms in total. The van der Waals surface area contributed by atoms with Crippen molar-refractivity contribution in [3.8, 4) is 5.88 Å². The van der Waals surface area contributed by atoms with Gasteiger partial charge in [0.1, 0.15) is 11.9 Å². The number of hydrogen-bond donors (Lipinski definition) is 2. The quantitative estimate of drug-likeness (QED) is 0.559. The number of nitrogens with zero attached hydrogens (tertiary/aromatic N) is 1. The van der Waals surface area contributed by atoms with Crippen LogP contribution in [0, 0.1) is 5.41 Å². The number of hydrogen-bond acceptors (Lipinski definition) is 4. The van der Waals surface area contributed by atoms with Gasteiger partial charge >= 0.3 is 0 Å². The SMILES string of the molecule is N=C(N)c1ccc(OC2CCOC2)nc1. The van der Waals surface area contributed by atoms with Crippen molar-refractivity contribution in [1.29, 1.82) is 5.41 Å². The molecule has 0 aliphatic carbocycles. The molecule has 5 heteroatoms. The number of pyridine rings is 1. The lowest BCUT2D eigenvalue weighted by Gasteiger charge is -2.10. The number of nitrogens with one attached hydrogen (secondary N) is 1. The molecule has 1 atom stereocenters. The molecule has 15 heavy (non-hydrogen) atoms. The van der Waals surface area contributed by atoms with Crippen LogP contribution in [0.2, 0.25) is 0 Å². The van der Waals surface area contributed by atoms with Gasteiger partial charge in [-0.25, -0.2) is 4.98 Å². The zero-order valence-corrected chi connectivity index (χ0v) is 8.27. The Hall–Kier alpha value is -1.62. The molecule has 1 aliphatic rings. The standard InChI is InChI=1S/C10H13N3O2/c11-10(12)7-1-2-9(13-5-7)15-8-3-4-14-6-8/h1-2,5,8H,3-4,6H2,(H3,11,12). The molecule has 1 aliphatic heterocycles. The number of nitrogens with two attached hydrogens (primary N) is 1. The van der Waals surface area contributed by atoms with Crippen LogP contribution in [0.4, 0.5) is 0 Å². The Kier molecular flexibility index (Phi) is 2.82. The topological polar surface area (TPSA) is 81.2 Å². The largest absolute Gasteiger partial charge is 0.472 e. The molecule has 1 aromatic heterocycles. The number of nitrogen functional groups attached to an aromatic ring is 1. The van der Waals surface area contributed by atoms with Gasteiger partial charge in [0.2, 0.25) is 5.88 Å². The maximum Gasteiger partial charge on any atom is 0.213 e. The molecule has 80 valence electrons. The lowest BCUT2D eigenvalue weighted by atomic mass is 10.2. The molecular weight excluding hydrogens is 194 g/mol. The van der Waals surface area contributed by atoms with Gasteiger partial charge in [0, 0.05) is 24.2 Å². The molecule has 0 saturated carbocycles. The van der Waals surface area contributed by atoms with E-state index >= 15 is 0 Å². The zero-order chi connectivity index (χ0) is 10.7. The molecule has 2 rings (SSSR count). The molecule has 1 unspecified atom stereocenters. The lowest BCUT2D eigenvalue weighted by molar-refractivity contribution is 0.138. The Labute approximate surface area is 87.7 Å². The first kappa shape index (κ1) is 9.92. The minimum atomic E-state index is 0.0123. The van der Waals surface area contributed by atoms with E-state index in [0.717, 1.165) is 13.0 Å². The van der Waals surface area contributed by atoms with E-state index in [4.69, 9.17) is 20.6 Å². The highest BCUT2D eigenvalue weighted by molar-refractivity contribution is 5.94. The summed E-state index contributed by atoms with van der Waals surface area (Å²) in [6.07, 6.45) is 2.53. The Morgan fingerprint density at radius 2 is 2.47 bits per heavy atom. The average Bonchev–Trinajstić information content (AvgIpc) is 2.71. The summed E-state index contributed by atoms with van der Waals surface area (Å²) in [5, 5.41) is 7.21. The van der Waals surface area contributed by atoms with Gasteiger partial charge in [-0.15, -0.1) is 0 Å². The Morgan fingerprint density at radius 1 is 1.60 bits per heavy atom. The van der Waals surface area contributed by atoms with Crippen molar-refractivity contribution in [1.82, 2.24) is 4.98 Å². The fourth-order valence-corrected chi connectivity index (χ4v) is 1.39. The van der Waals surface area contributed by atoms with E-state index in [-0.39, 0.29) is 11.9 Å². The Bertz CT molecular complexity index is 344. The lowest BCUT2D eigenvalue weighted by Crippen LogP contribution is -2.17. The van der Waals surface area contributed by atoms with Crippen LogP contribution in [-0.2, 0) is 4.74 Å². The summed E-state index contributed by atoms with van der Waals surface area (Å²) in [5.74, 6) is 0.564. The second-order valence-electron chi connectivity index (χ2n) is 3.40. The maximum absolute atomic E-state index is 7.21. The number of aromatic nitrogens is 1. The molecule has 1 saturated heterocycles. The van der Waals surface area contributed by atoms with Crippen molar-refractivity contribution in [2.24, 2.45) is 5.73 Å². The highest BCUT2D eigenvalue weighted by Gasteiger charge is 2.17. The van der Waals surface area contributed by atoms with Crippen LogP contribution in [0.1, 0.15) is 12.0 Å². The summed E-state index contributed by atoms with van der Waals surface area (Å²) in [7, 11) is 0. The highest BCUT2D eigenvalue weighted by Crippen LogP contribution is 2.14. The third kappa shape index (κ3) is 2.44. The van der Waals surface area contributed by atoms with E-state index in [1.165, 1.54) is 6.20 Å². The molecular formula is C10H13N3O2. The van der Waals surface area contributed by atoms with Crippen molar-refractivity contribution in [3.05, 3.63) is 23.9 Å². The first-order valence-electron chi connectivity index (χ1n) is 4.80. The van der Waals surface area contributed by atoms with Crippen LogP contribution in [0.5, 0.6) is 5.88 Å². The number of rotatable bonds is 3. The third-order valence-electron chi connectivity index (χ3n) is 2.22. The van der Waals surface area contributed by atoms with Crippen molar-refractivity contribution < 1.29 is 9.47 Å². The minimum absolute atomic E-state index is 0.0123. The summed E-state index contributed by atoms with van der Waals surface area (Å²) in [5.41, 5.74) is 5.91. The Balaban J connectivity index is 2.00. The molecule has 0 aromatic carbocycles. The van der Waals surface area contributed by atoms with Crippen molar-refractivity contribution in [2.45, 2.75) is 12.5 Å². The van der Waals surface area contributed by atoms with Gasteiger partial charge in [0.05, 0.1) is 13.2 Å². The van der Waals surface area contributed by atoms with E-state index in [1.807, 2.05) is 0 Å². The van der Waals surface area contributed by atoms with Gasteiger partial charge in [0.15, 0.2) is 0 Å². The monoisotopic (exact) mass is 207 g/mol. The average molecular weight is 207 g/mol. The summed E-state index contributed by atoms with van der Waals surface area (Å²) >= 11 is 0. The molecule has 3 N–H and O–H groups in total. The third-order valence-corrected chi connectivity index (χ3v) is 2.22. The first-order valence-corrected chi connectivity index (χ1v) is 4.80. The highest BCUT2D eigenvalue weighted by atomic mass is 16.5. The van der Waals surface area contributed by atoms with Gasteiger partial charge in [-0.1, -0.05) is 0 Å². The molecule has 0 spiro atoms. The van der Waals surface area contributed by atoms with E-state index < -0.39 is 0 Å². The smallest absolute Gasteiger partial charge is 0.213 e. The molecule has 0 amide bonds. The van der Waals surface area contributed by atoms with Crippen LogP contribution in [0.25, 0.3) is 0 Å². The summed E-state index contributed by atoms with van der Waals surface area (Å²) in [6, 6.07) is 3.44. The summed E-state index contributed by atoms with van der Waals surface area (Å²) < 4.78 is 10.7. The fraction of sp³-hybridized carbons (Fsp3) is 0.400. The van der Waals surface area contributed by atoms with Crippen molar-refractivity contribution in [2.75, 3.05) is 13.2 Å². The predicted molar refractivity (Wildman–Crippen MR) is 55.1 cm³/mol. The predicted octanol–water partition coefficient (Wildman–Crippen LogP) is 0.533. The van der Waals surface area contributed by atoms with Gasteiger partial charge in [-0.05, 0) is 6.07 Å². The molecule has 2 heterocycles. The summed E-state index contributed by atoms with van der Waals surface area (Å²) in [4.78, 5) is 4.06. The molecule has 1 fully saturated rings. The van der Waals surface area contributed by atoms with Crippen LogP contribution >= 0.6 is 0 Å². The van der Waals surface area contributed by atoms with Crippen molar-refractivity contribution >= 4 is 5.84 Å². The number of ether oxygens (including phenoxy) is 2. The zero-order valence-electron chi connectivity index (χ0n) is 8.27. The van der Waals surface area contributed by atoms with Crippen LogP contribution < -0.4 is 10.5 Å². The summed E-state index contributed by atoms with van der Waals surface area (Å²) in [6.45, 7) is 1.37. The molecule has 0 radical (unpaired) electrons. The van der Waals surface area contributed by atoms with E-state index in [9.17, 15) is 0 Å². The van der Waals surface area contributed by atoms with E-state index in [1.54, 1.807) is 12.1 Å². The minimum Gasteiger partial charge on any atom is -0.472 e. The van der Waals surface area contributed by atoms with Gasteiger partial charge in [0.25, 0.3) is 0 Å². The maximum atomic E-state index is 7.21. The molecule has 0 bridgehead atoms.